The number of hydrogen-bond acceptors (Lipinski definition) is 2. The zero-order valence-electron chi connectivity index (χ0n) is 15.4. The summed E-state index contributed by atoms with van der Waals surface area (Å²) in [6.45, 7) is 0.423. The lowest BCUT2D eigenvalue weighted by Gasteiger charge is -2.32. The van der Waals surface area contributed by atoms with Gasteiger partial charge in [-0.15, -0.1) is 24.0 Å². The lowest BCUT2D eigenvalue weighted by atomic mass is 9.85. The van der Waals surface area contributed by atoms with Gasteiger partial charge in [-0.25, -0.2) is 0 Å². The van der Waals surface area contributed by atoms with Crippen LogP contribution in [-0.4, -0.2) is 38.9 Å². The van der Waals surface area contributed by atoms with E-state index in [-0.39, 0.29) is 49.0 Å². The first-order valence-corrected chi connectivity index (χ1v) is 9.03. The zero-order chi connectivity index (χ0) is 19.2. The fourth-order valence-electron chi connectivity index (χ4n) is 3.24. The maximum Gasteiger partial charge on any atom is 0.391 e. The number of methoxy groups -OCH3 is 1. The highest BCUT2D eigenvalue weighted by molar-refractivity contribution is 14.0. The highest BCUT2D eigenvalue weighted by Crippen LogP contribution is 2.37. The highest BCUT2D eigenvalue weighted by Gasteiger charge is 2.42. The number of nitrogens with zero attached hydrogens (tertiary/aromatic N) is 1. The van der Waals surface area contributed by atoms with Crippen molar-refractivity contribution in [1.29, 1.82) is 0 Å². The van der Waals surface area contributed by atoms with Crippen LogP contribution in [0.3, 0.4) is 0 Å². The lowest BCUT2D eigenvalue weighted by molar-refractivity contribution is -0.183. The summed E-state index contributed by atoms with van der Waals surface area (Å²) in [6, 6.07) is 7.12. The Balaban J connectivity index is 0.00000364. The molecule has 0 spiro atoms. The molecule has 9 heteroatoms. The third-order valence-corrected chi connectivity index (χ3v) is 4.90. The molecule has 0 bridgehead atoms. The molecule has 2 N–H and O–H groups in total. The number of nitrogens with one attached hydrogen (secondary N) is 2. The maximum absolute atomic E-state index is 13.0. The summed E-state index contributed by atoms with van der Waals surface area (Å²) in [4.78, 5) is 4.12. The van der Waals surface area contributed by atoms with Gasteiger partial charge in [-0.2, -0.15) is 13.2 Å². The van der Waals surface area contributed by atoms with Crippen LogP contribution in [0.4, 0.5) is 13.2 Å². The quantitative estimate of drug-likeness (QED) is 0.329. The smallest absolute Gasteiger partial charge is 0.375 e. The summed E-state index contributed by atoms with van der Waals surface area (Å²) >= 11 is 6.01. The molecule has 1 aromatic rings. The predicted molar refractivity (Wildman–Crippen MR) is 113 cm³/mol. The lowest BCUT2D eigenvalue weighted by Crippen LogP contribution is -2.47. The topological polar surface area (TPSA) is 45.7 Å². The fourth-order valence-corrected chi connectivity index (χ4v) is 3.44. The van der Waals surface area contributed by atoms with Gasteiger partial charge in [0.1, 0.15) is 0 Å². The minimum atomic E-state index is -4.13. The Morgan fingerprint density at radius 2 is 2.11 bits per heavy atom. The predicted octanol–water partition coefficient (Wildman–Crippen LogP) is 4.93. The summed E-state index contributed by atoms with van der Waals surface area (Å²) in [7, 11) is 3.19. The number of hydrogen-bond donors (Lipinski definition) is 2. The Morgan fingerprint density at radius 1 is 1.37 bits per heavy atom. The van der Waals surface area contributed by atoms with Gasteiger partial charge in [-0.1, -0.05) is 30.2 Å². The van der Waals surface area contributed by atoms with E-state index in [2.05, 4.69) is 15.6 Å². The van der Waals surface area contributed by atoms with E-state index in [4.69, 9.17) is 16.3 Å². The second kappa shape index (κ2) is 11.3. The first kappa shape index (κ1) is 24.3. The van der Waals surface area contributed by atoms with Crippen LogP contribution < -0.4 is 10.6 Å². The van der Waals surface area contributed by atoms with E-state index < -0.39 is 12.1 Å². The van der Waals surface area contributed by atoms with Crippen molar-refractivity contribution in [1.82, 2.24) is 10.6 Å². The van der Waals surface area contributed by atoms with Crippen molar-refractivity contribution in [2.24, 2.45) is 10.9 Å². The van der Waals surface area contributed by atoms with Crippen molar-refractivity contribution >= 4 is 41.5 Å². The zero-order valence-corrected chi connectivity index (χ0v) is 18.4. The van der Waals surface area contributed by atoms with E-state index in [9.17, 15) is 13.2 Å². The first-order chi connectivity index (χ1) is 12.3. The van der Waals surface area contributed by atoms with E-state index in [0.717, 1.165) is 5.56 Å². The maximum atomic E-state index is 13.0. The molecule has 1 aromatic carbocycles. The van der Waals surface area contributed by atoms with E-state index in [1.165, 1.54) is 0 Å². The molecule has 2 rings (SSSR count). The van der Waals surface area contributed by atoms with Crippen LogP contribution in [0, 0.1) is 5.92 Å². The van der Waals surface area contributed by atoms with Gasteiger partial charge in [-0.05, 0) is 37.0 Å². The molecular formula is C18H26ClF3IN3O. The molecule has 4 nitrogen and oxygen atoms in total. The Morgan fingerprint density at radius 3 is 2.70 bits per heavy atom. The van der Waals surface area contributed by atoms with Gasteiger partial charge in [0, 0.05) is 31.8 Å². The molecular weight excluding hydrogens is 494 g/mol. The summed E-state index contributed by atoms with van der Waals surface area (Å²) in [6.07, 6.45) is -2.84. The van der Waals surface area contributed by atoms with E-state index in [0.29, 0.717) is 30.4 Å². The van der Waals surface area contributed by atoms with Crippen LogP contribution >= 0.6 is 35.6 Å². The van der Waals surface area contributed by atoms with Gasteiger partial charge >= 0.3 is 6.18 Å². The summed E-state index contributed by atoms with van der Waals surface area (Å²) < 4.78 is 44.3. The molecule has 1 aliphatic carbocycles. The summed E-state index contributed by atoms with van der Waals surface area (Å²) in [5.41, 5.74) is 0.915. The van der Waals surface area contributed by atoms with Crippen molar-refractivity contribution < 1.29 is 17.9 Å². The monoisotopic (exact) mass is 519 g/mol. The van der Waals surface area contributed by atoms with E-state index in [1.54, 1.807) is 20.2 Å². The molecule has 1 saturated carbocycles. The molecule has 0 aliphatic heterocycles. The normalized spacial score (nSPS) is 21.9. The molecule has 1 aliphatic rings. The third-order valence-electron chi connectivity index (χ3n) is 4.66. The van der Waals surface area contributed by atoms with Crippen LogP contribution in [0.5, 0.6) is 0 Å². The molecule has 0 radical (unpaired) electrons. The van der Waals surface area contributed by atoms with Gasteiger partial charge in [0.2, 0.25) is 0 Å². The molecule has 154 valence electrons. The number of guanidine groups is 1. The molecule has 27 heavy (non-hydrogen) atoms. The minimum absolute atomic E-state index is 0. The number of aliphatic imine (C=N–C) groups is 1. The number of benzene rings is 1. The summed E-state index contributed by atoms with van der Waals surface area (Å²) in [5.74, 6) is -0.771. The molecule has 1 fully saturated rings. The van der Waals surface area contributed by atoms with Gasteiger partial charge in [0.25, 0.3) is 0 Å². The second-order valence-electron chi connectivity index (χ2n) is 6.48. The van der Waals surface area contributed by atoms with Crippen molar-refractivity contribution in [2.75, 3.05) is 20.7 Å². The van der Waals surface area contributed by atoms with Crippen LogP contribution in [0.15, 0.2) is 29.3 Å². The largest absolute Gasteiger partial charge is 0.391 e. The Kier molecular flexibility index (Phi) is 10.2. The van der Waals surface area contributed by atoms with Crippen molar-refractivity contribution in [3.8, 4) is 0 Å². The van der Waals surface area contributed by atoms with Crippen LogP contribution in [0.25, 0.3) is 0 Å². The van der Waals surface area contributed by atoms with Crippen molar-refractivity contribution in [3.05, 3.63) is 34.9 Å². The van der Waals surface area contributed by atoms with Crippen LogP contribution in [0.2, 0.25) is 5.02 Å². The van der Waals surface area contributed by atoms with Crippen molar-refractivity contribution in [3.63, 3.8) is 0 Å². The van der Waals surface area contributed by atoms with Crippen LogP contribution in [0.1, 0.15) is 37.4 Å². The van der Waals surface area contributed by atoms with Gasteiger partial charge in [-0.3, -0.25) is 4.99 Å². The summed E-state index contributed by atoms with van der Waals surface area (Å²) in [5, 5.41) is 6.85. The minimum Gasteiger partial charge on any atom is -0.375 e. The third kappa shape index (κ3) is 7.65. The number of halogens is 5. The molecule has 3 atom stereocenters. The number of ether oxygens (including phenoxy) is 1. The average Bonchev–Trinajstić information content (AvgIpc) is 2.61. The number of rotatable bonds is 5. The van der Waals surface area contributed by atoms with Gasteiger partial charge in [0.15, 0.2) is 5.96 Å². The van der Waals surface area contributed by atoms with Crippen LogP contribution in [-0.2, 0) is 4.74 Å². The SMILES string of the molecule is CN=C(NCC(OC)c1cccc(Cl)c1)NC1CCCC(C(F)(F)F)C1.I. The van der Waals surface area contributed by atoms with Crippen molar-refractivity contribution in [2.45, 2.75) is 44.0 Å². The molecule has 3 unspecified atom stereocenters. The molecule has 0 amide bonds. The van der Waals surface area contributed by atoms with Gasteiger partial charge < -0.3 is 15.4 Å². The fraction of sp³-hybridized carbons (Fsp3) is 0.611. The highest BCUT2D eigenvalue weighted by atomic mass is 127. The van der Waals surface area contributed by atoms with Gasteiger partial charge in [0.05, 0.1) is 12.0 Å². The average molecular weight is 520 g/mol. The first-order valence-electron chi connectivity index (χ1n) is 8.65. The molecule has 0 aromatic heterocycles. The number of alkyl halides is 3. The Hall–Kier alpha value is -0.740. The Bertz CT molecular complexity index is 616. The van der Waals surface area contributed by atoms with E-state index >= 15 is 0 Å². The second-order valence-corrected chi connectivity index (χ2v) is 6.92. The molecule has 0 heterocycles. The molecule has 0 saturated heterocycles. The Labute approximate surface area is 180 Å². The van der Waals surface area contributed by atoms with E-state index in [1.807, 2.05) is 18.2 Å². The standard InChI is InChI=1S/C18H25ClF3N3O.HI/c1-23-17(25-15-8-4-6-13(10-15)18(20,21)22)24-11-16(26-2)12-5-3-7-14(19)9-12;/h3,5,7,9,13,15-16H,4,6,8,10-11H2,1-2H3,(H2,23,24,25);1H.